The molecule has 0 radical (unpaired) electrons. The number of aliphatic hydroxyl groups is 1. The molecule has 1 rings (SSSR count). The van der Waals surface area contributed by atoms with Crippen molar-refractivity contribution in [1.82, 2.24) is 9.03 Å². The smallest absolute Gasteiger partial charge is 0.279 e. The van der Waals surface area contributed by atoms with E-state index in [2.05, 4.69) is 4.72 Å². The van der Waals surface area contributed by atoms with Crippen molar-refractivity contribution in [3.8, 4) is 0 Å². The molecule has 0 bridgehead atoms. The summed E-state index contributed by atoms with van der Waals surface area (Å²) in [6.07, 6.45) is 5.28. The summed E-state index contributed by atoms with van der Waals surface area (Å²) in [6.45, 7) is 3.17. The number of nitrogens with zero attached hydrogens (tertiary/aromatic N) is 1. The Kier molecular flexibility index (Phi) is 6.40. The second-order valence-corrected chi connectivity index (χ2v) is 6.26. The molecule has 1 aliphatic rings. The fourth-order valence-electron chi connectivity index (χ4n) is 2.07. The van der Waals surface area contributed by atoms with Crippen molar-refractivity contribution in [2.24, 2.45) is 0 Å². The number of hydrogen-bond donors (Lipinski definition) is 2. The third-order valence-corrected chi connectivity index (χ3v) is 4.87. The monoisotopic (exact) mass is 264 g/mol. The minimum Gasteiger partial charge on any atom is -0.396 e. The first-order valence-corrected chi connectivity index (χ1v) is 7.92. The highest BCUT2D eigenvalue weighted by molar-refractivity contribution is 7.87. The highest BCUT2D eigenvalue weighted by atomic mass is 32.2. The van der Waals surface area contributed by atoms with Crippen LogP contribution in [0.3, 0.4) is 0 Å². The molecule has 0 saturated carbocycles. The molecule has 2 N–H and O–H groups in total. The standard InChI is InChI=1S/C11H24N2O3S/c1-2-11(7-10-14)12-17(15,16)13-8-5-3-4-6-9-13/h11-12,14H,2-10H2,1H3. The Balaban J connectivity index is 2.58. The second kappa shape index (κ2) is 7.31. The van der Waals surface area contributed by atoms with Gasteiger partial charge in [-0.2, -0.15) is 17.4 Å². The van der Waals surface area contributed by atoms with Crippen LogP contribution in [0.15, 0.2) is 0 Å². The van der Waals surface area contributed by atoms with Gasteiger partial charge in [0.05, 0.1) is 0 Å². The summed E-state index contributed by atoms with van der Waals surface area (Å²) in [5.41, 5.74) is 0. The van der Waals surface area contributed by atoms with Crippen LogP contribution in [-0.4, -0.2) is 43.6 Å². The molecule has 102 valence electrons. The van der Waals surface area contributed by atoms with E-state index in [0.29, 0.717) is 25.9 Å². The molecule has 1 fully saturated rings. The van der Waals surface area contributed by atoms with Gasteiger partial charge in [-0.05, 0) is 25.7 Å². The normalized spacial score (nSPS) is 21.1. The largest absolute Gasteiger partial charge is 0.396 e. The lowest BCUT2D eigenvalue weighted by Gasteiger charge is -2.24. The summed E-state index contributed by atoms with van der Waals surface area (Å²) in [7, 11) is -3.37. The molecule has 1 heterocycles. The number of rotatable bonds is 6. The van der Waals surface area contributed by atoms with Gasteiger partial charge in [-0.25, -0.2) is 0 Å². The second-order valence-electron chi connectivity index (χ2n) is 4.55. The highest BCUT2D eigenvalue weighted by Gasteiger charge is 2.24. The Bertz CT molecular complexity index is 298. The first-order valence-electron chi connectivity index (χ1n) is 6.48. The maximum atomic E-state index is 12.1. The zero-order valence-electron chi connectivity index (χ0n) is 10.6. The fraction of sp³-hybridized carbons (Fsp3) is 1.00. The quantitative estimate of drug-likeness (QED) is 0.747. The van der Waals surface area contributed by atoms with E-state index >= 15 is 0 Å². The Labute approximate surface area is 104 Å². The fourth-order valence-corrected chi connectivity index (χ4v) is 3.66. The average Bonchev–Trinajstić information content (AvgIpc) is 2.57. The SMILES string of the molecule is CCC(CCO)NS(=O)(=O)N1CCCCCC1. The minimum atomic E-state index is -3.37. The summed E-state index contributed by atoms with van der Waals surface area (Å²) in [4.78, 5) is 0. The van der Waals surface area contributed by atoms with E-state index in [1.165, 1.54) is 0 Å². The van der Waals surface area contributed by atoms with Crippen LogP contribution < -0.4 is 4.72 Å². The Morgan fingerprint density at radius 1 is 1.24 bits per heavy atom. The molecule has 0 spiro atoms. The molecule has 1 unspecified atom stereocenters. The van der Waals surface area contributed by atoms with Gasteiger partial charge in [-0.1, -0.05) is 19.8 Å². The number of nitrogens with one attached hydrogen (secondary N) is 1. The molecule has 0 aromatic heterocycles. The Morgan fingerprint density at radius 3 is 2.29 bits per heavy atom. The maximum Gasteiger partial charge on any atom is 0.279 e. The molecule has 6 heteroatoms. The summed E-state index contributed by atoms with van der Waals surface area (Å²) in [6, 6.07) is -0.159. The molecule has 1 aliphatic heterocycles. The van der Waals surface area contributed by atoms with Crippen LogP contribution in [0.4, 0.5) is 0 Å². The topological polar surface area (TPSA) is 69.6 Å². The van der Waals surface area contributed by atoms with Gasteiger partial charge in [-0.3, -0.25) is 0 Å². The van der Waals surface area contributed by atoms with Gasteiger partial charge >= 0.3 is 0 Å². The van der Waals surface area contributed by atoms with Crippen molar-refractivity contribution in [3.05, 3.63) is 0 Å². The van der Waals surface area contributed by atoms with E-state index in [-0.39, 0.29) is 12.6 Å². The van der Waals surface area contributed by atoms with Crippen molar-refractivity contribution in [1.29, 1.82) is 0 Å². The number of aliphatic hydroxyl groups excluding tert-OH is 1. The van der Waals surface area contributed by atoms with Crippen LogP contribution in [-0.2, 0) is 10.2 Å². The van der Waals surface area contributed by atoms with E-state index in [0.717, 1.165) is 25.7 Å². The predicted molar refractivity (Wildman–Crippen MR) is 67.9 cm³/mol. The lowest BCUT2D eigenvalue weighted by molar-refractivity contribution is 0.268. The van der Waals surface area contributed by atoms with Gasteiger partial charge in [0.25, 0.3) is 10.2 Å². The maximum absolute atomic E-state index is 12.1. The van der Waals surface area contributed by atoms with Crippen molar-refractivity contribution in [2.45, 2.75) is 51.5 Å². The molecule has 0 aliphatic carbocycles. The van der Waals surface area contributed by atoms with Gasteiger partial charge in [0.1, 0.15) is 0 Å². The van der Waals surface area contributed by atoms with E-state index in [1.54, 1.807) is 4.31 Å². The van der Waals surface area contributed by atoms with E-state index in [4.69, 9.17) is 5.11 Å². The molecule has 1 atom stereocenters. The summed E-state index contributed by atoms with van der Waals surface area (Å²) < 4.78 is 28.5. The molecule has 5 nitrogen and oxygen atoms in total. The first kappa shape index (κ1) is 14.9. The first-order chi connectivity index (χ1) is 8.10. The molecule has 1 saturated heterocycles. The molecule has 0 aromatic carbocycles. The average molecular weight is 264 g/mol. The van der Waals surface area contributed by atoms with Gasteiger partial charge in [-0.15, -0.1) is 0 Å². The summed E-state index contributed by atoms with van der Waals surface area (Å²) in [5, 5.41) is 8.87. The minimum absolute atomic E-state index is 0.0149. The predicted octanol–water partition coefficient (Wildman–Crippen LogP) is 0.858. The molecule has 0 amide bonds. The lowest BCUT2D eigenvalue weighted by atomic mass is 10.2. The molecular formula is C11H24N2O3S. The van der Waals surface area contributed by atoms with E-state index < -0.39 is 10.2 Å². The lowest BCUT2D eigenvalue weighted by Crippen LogP contribution is -2.45. The number of hydrogen-bond acceptors (Lipinski definition) is 3. The van der Waals surface area contributed by atoms with Crippen LogP contribution in [0.5, 0.6) is 0 Å². The van der Waals surface area contributed by atoms with Crippen LogP contribution in [0, 0.1) is 0 Å². The highest BCUT2D eigenvalue weighted by Crippen LogP contribution is 2.13. The Hall–Kier alpha value is -0.170. The zero-order valence-corrected chi connectivity index (χ0v) is 11.4. The van der Waals surface area contributed by atoms with E-state index in [1.807, 2.05) is 6.92 Å². The van der Waals surface area contributed by atoms with E-state index in [9.17, 15) is 8.42 Å². The third kappa shape index (κ3) is 4.91. The van der Waals surface area contributed by atoms with Gasteiger partial charge in [0.2, 0.25) is 0 Å². The van der Waals surface area contributed by atoms with Crippen molar-refractivity contribution < 1.29 is 13.5 Å². The van der Waals surface area contributed by atoms with Crippen LogP contribution in [0.2, 0.25) is 0 Å². The van der Waals surface area contributed by atoms with Crippen molar-refractivity contribution in [3.63, 3.8) is 0 Å². The molecule has 17 heavy (non-hydrogen) atoms. The van der Waals surface area contributed by atoms with Crippen molar-refractivity contribution >= 4 is 10.2 Å². The van der Waals surface area contributed by atoms with Gasteiger partial charge in [0, 0.05) is 25.7 Å². The van der Waals surface area contributed by atoms with Crippen LogP contribution >= 0.6 is 0 Å². The van der Waals surface area contributed by atoms with Gasteiger partial charge < -0.3 is 5.11 Å². The summed E-state index contributed by atoms with van der Waals surface area (Å²) >= 11 is 0. The van der Waals surface area contributed by atoms with Gasteiger partial charge in [0.15, 0.2) is 0 Å². The molecule has 0 aromatic rings. The third-order valence-electron chi connectivity index (χ3n) is 3.19. The molecular weight excluding hydrogens is 240 g/mol. The zero-order chi connectivity index (χ0) is 12.7. The van der Waals surface area contributed by atoms with Crippen LogP contribution in [0.1, 0.15) is 45.4 Å². The van der Waals surface area contributed by atoms with Crippen molar-refractivity contribution in [2.75, 3.05) is 19.7 Å². The summed E-state index contributed by atoms with van der Waals surface area (Å²) in [5.74, 6) is 0. The Morgan fingerprint density at radius 2 is 1.82 bits per heavy atom. The van der Waals surface area contributed by atoms with Crippen LogP contribution in [0.25, 0.3) is 0 Å².